The van der Waals surface area contributed by atoms with Crippen LogP contribution >= 0.6 is 43.2 Å². The summed E-state index contributed by atoms with van der Waals surface area (Å²) >= 11 is 8.35. The van der Waals surface area contributed by atoms with E-state index in [-0.39, 0.29) is 0 Å². The maximum Gasteiger partial charge on any atom is 0.299 e. The van der Waals surface area contributed by atoms with Gasteiger partial charge in [-0.25, -0.2) is 0 Å². The lowest BCUT2D eigenvalue weighted by Crippen LogP contribution is -2.14. The molecule has 1 fully saturated rings. The van der Waals surface area contributed by atoms with Crippen molar-refractivity contribution >= 4 is 43.2 Å². The number of hydrogen-bond donors (Lipinski definition) is 1. The van der Waals surface area contributed by atoms with Crippen LogP contribution in [0.4, 0.5) is 0 Å². The molecule has 1 N–H and O–H groups in total. The van der Waals surface area contributed by atoms with Crippen molar-refractivity contribution < 1.29 is 9.47 Å². The minimum atomic E-state index is 0.528. The van der Waals surface area contributed by atoms with Crippen molar-refractivity contribution in [3.63, 3.8) is 0 Å². The summed E-state index contributed by atoms with van der Waals surface area (Å²) in [6, 6.07) is 4.34. The molecular formula is C13H13Br2N3O2S. The van der Waals surface area contributed by atoms with Crippen LogP contribution in [0.5, 0.6) is 16.7 Å². The molecule has 0 atom stereocenters. The summed E-state index contributed by atoms with van der Waals surface area (Å²) in [5.41, 5.74) is 0. The quantitative estimate of drug-likeness (QED) is 0.741. The first kappa shape index (κ1) is 15.2. The SMILES string of the molecule is COc1cc(Br)c(Oc2nnc(CNC3CC3)s2)cc1Br. The molecule has 112 valence electrons. The van der Waals surface area contributed by atoms with E-state index in [2.05, 4.69) is 47.4 Å². The molecule has 8 heteroatoms. The molecule has 0 spiro atoms. The Bertz CT molecular complexity index is 646. The summed E-state index contributed by atoms with van der Waals surface area (Å²) < 4.78 is 12.6. The zero-order valence-electron chi connectivity index (χ0n) is 11.2. The topological polar surface area (TPSA) is 56.3 Å². The Morgan fingerprint density at radius 3 is 2.67 bits per heavy atom. The van der Waals surface area contributed by atoms with E-state index in [0.29, 0.717) is 17.0 Å². The smallest absolute Gasteiger partial charge is 0.299 e. The van der Waals surface area contributed by atoms with Crippen LogP contribution in [0.2, 0.25) is 0 Å². The second-order valence-electron chi connectivity index (χ2n) is 4.64. The molecule has 2 aromatic rings. The Kier molecular flexibility index (Phi) is 4.78. The van der Waals surface area contributed by atoms with Crippen molar-refractivity contribution in [2.45, 2.75) is 25.4 Å². The lowest BCUT2D eigenvalue weighted by molar-refractivity contribution is 0.409. The van der Waals surface area contributed by atoms with Gasteiger partial charge in [0.25, 0.3) is 5.19 Å². The zero-order valence-corrected chi connectivity index (χ0v) is 15.2. The number of nitrogens with zero attached hydrogens (tertiary/aromatic N) is 2. The first-order valence-corrected chi connectivity index (χ1v) is 8.82. The van der Waals surface area contributed by atoms with Crippen LogP contribution in [0.25, 0.3) is 0 Å². The summed E-state index contributed by atoms with van der Waals surface area (Å²) in [5.74, 6) is 1.40. The van der Waals surface area contributed by atoms with Gasteiger partial charge in [-0.2, -0.15) is 0 Å². The Labute approximate surface area is 143 Å². The Hall–Kier alpha value is -0.700. The highest BCUT2D eigenvalue weighted by Crippen LogP contribution is 2.38. The van der Waals surface area contributed by atoms with E-state index < -0.39 is 0 Å². The molecule has 0 saturated heterocycles. The highest BCUT2D eigenvalue weighted by molar-refractivity contribution is 9.11. The molecule has 1 saturated carbocycles. The third kappa shape index (κ3) is 3.94. The van der Waals surface area contributed by atoms with Crippen molar-refractivity contribution in [2.24, 2.45) is 0 Å². The van der Waals surface area contributed by atoms with E-state index in [1.165, 1.54) is 24.2 Å². The summed E-state index contributed by atoms with van der Waals surface area (Å²) in [7, 11) is 1.62. The predicted molar refractivity (Wildman–Crippen MR) is 88.2 cm³/mol. The van der Waals surface area contributed by atoms with E-state index in [9.17, 15) is 0 Å². The van der Waals surface area contributed by atoms with Crippen LogP contribution in [-0.4, -0.2) is 23.3 Å². The fourth-order valence-electron chi connectivity index (χ4n) is 1.71. The van der Waals surface area contributed by atoms with Gasteiger partial charge in [0.15, 0.2) is 0 Å². The molecule has 21 heavy (non-hydrogen) atoms. The summed E-state index contributed by atoms with van der Waals surface area (Å²) in [6.07, 6.45) is 2.52. The number of aromatic nitrogens is 2. The van der Waals surface area contributed by atoms with E-state index in [1.54, 1.807) is 7.11 Å². The third-order valence-electron chi connectivity index (χ3n) is 2.97. The largest absolute Gasteiger partial charge is 0.496 e. The third-order valence-corrected chi connectivity index (χ3v) is 5.01. The number of halogens is 2. The van der Waals surface area contributed by atoms with E-state index in [0.717, 1.165) is 26.2 Å². The van der Waals surface area contributed by atoms with Crippen LogP contribution in [0.3, 0.4) is 0 Å². The van der Waals surface area contributed by atoms with Gasteiger partial charge in [0, 0.05) is 12.1 Å². The van der Waals surface area contributed by atoms with Crippen molar-refractivity contribution in [2.75, 3.05) is 7.11 Å². The molecule has 1 aromatic carbocycles. The van der Waals surface area contributed by atoms with Gasteiger partial charge in [-0.3, -0.25) is 0 Å². The number of benzene rings is 1. The van der Waals surface area contributed by atoms with Gasteiger partial charge in [-0.1, -0.05) is 16.4 Å². The molecule has 0 bridgehead atoms. The summed E-state index contributed by atoms with van der Waals surface area (Å²) in [5, 5.41) is 13.1. The maximum absolute atomic E-state index is 5.78. The fourth-order valence-corrected chi connectivity index (χ4v) is 3.25. The van der Waals surface area contributed by atoms with Crippen LogP contribution < -0.4 is 14.8 Å². The lowest BCUT2D eigenvalue weighted by atomic mass is 10.3. The van der Waals surface area contributed by atoms with Crippen molar-refractivity contribution in [3.05, 3.63) is 26.1 Å². The zero-order chi connectivity index (χ0) is 14.8. The van der Waals surface area contributed by atoms with Crippen LogP contribution in [-0.2, 0) is 6.54 Å². The first-order chi connectivity index (χ1) is 10.2. The van der Waals surface area contributed by atoms with Gasteiger partial charge in [0.1, 0.15) is 16.5 Å². The second kappa shape index (κ2) is 6.60. The second-order valence-corrected chi connectivity index (χ2v) is 7.37. The van der Waals surface area contributed by atoms with Crippen LogP contribution in [0.1, 0.15) is 17.8 Å². The molecule has 1 aromatic heterocycles. The minimum absolute atomic E-state index is 0.528. The van der Waals surface area contributed by atoms with Crippen LogP contribution in [0.15, 0.2) is 21.1 Å². The summed E-state index contributed by atoms with van der Waals surface area (Å²) in [6.45, 7) is 0.749. The number of methoxy groups -OCH3 is 1. The molecular weight excluding hydrogens is 422 g/mol. The molecule has 3 rings (SSSR count). The molecule has 5 nitrogen and oxygen atoms in total. The van der Waals surface area contributed by atoms with Gasteiger partial charge in [-0.15, -0.1) is 5.10 Å². The molecule has 1 heterocycles. The molecule has 1 aliphatic carbocycles. The van der Waals surface area contributed by atoms with Crippen molar-refractivity contribution in [1.82, 2.24) is 15.5 Å². The Morgan fingerprint density at radius 2 is 1.95 bits per heavy atom. The van der Waals surface area contributed by atoms with E-state index in [4.69, 9.17) is 9.47 Å². The predicted octanol–water partition coefficient (Wildman–Crippen LogP) is 4.12. The lowest BCUT2D eigenvalue weighted by Gasteiger charge is -2.08. The number of hydrogen-bond acceptors (Lipinski definition) is 6. The van der Waals surface area contributed by atoms with Gasteiger partial charge >= 0.3 is 0 Å². The van der Waals surface area contributed by atoms with Gasteiger partial charge in [0.05, 0.1) is 22.6 Å². The number of rotatable bonds is 6. The highest BCUT2D eigenvalue weighted by atomic mass is 79.9. The van der Waals surface area contributed by atoms with Gasteiger partial charge in [0.2, 0.25) is 0 Å². The van der Waals surface area contributed by atoms with E-state index in [1.807, 2.05) is 12.1 Å². The van der Waals surface area contributed by atoms with E-state index >= 15 is 0 Å². The van der Waals surface area contributed by atoms with Crippen LogP contribution in [0, 0.1) is 0 Å². The highest BCUT2D eigenvalue weighted by Gasteiger charge is 2.21. The fraction of sp³-hybridized carbons (Fsp3) is 0.385. The monoisotopic (exact) mass is 433 g/mol. The Morgan fingerprint density at radius 1 is 1.24 bits per heavy atom. The molecule has 0 aliphatic heterocycles. The summed E-state index contributed by atoms with van der Waals surface area (Å²) in [4.78, 5) is 0. The number of ether oxygens (including phenoxy) is 2. The molecule has 0 amide bonds. The molecule has 0 radical (unpaired) electrons. The van der Waals surface area contributed by atoms with Gasteiger partial charge < -0.3 is 14.8 Å². The van der Waals surface area contributed by atoms with Crippen molar-refractivity contribution in [1.29, 1.82) is 0 Å². The average Bonchev–Trinajstić information content (AvgIpc) is 3.20. The normalized spacial score (nSPS) is 14.2. The molecule has 1 aliphatic rings. The average molecular weight is 435 g/mol. The van der Waals surface area contributed by atoms with Gasteiger partial charge in [-0.05, 0) is 50.8 Å². The number of nitrogens with one attached hydrogen (secondary N) is 1. The minimum Gasteiger partial charge on any atom is -0.496 e. The maximum atomic E-state index is 5.78. The Balaban J connectivity index is 1.69. The first-order valence-electron chi connectivity index (χ1n) is 6.42. The standard InChI is InChI=1S/C13H13Br2N3O2S/c1-19-10-4-9(15)11(5-8(10)14)20-13-18-17-12(21-13)6-16-7-2-3-7/h4-5,7,16H,2-3,6H2,1H3. The molecule has 0 unspecified atom stereocenters. The van der Waals surface area contributed by atoms with Crippen molar-refractivity contribution in [3.8, 4) is 16.7 Å².